The molecule has 2 aromatic carbocycles. The highest BCUT2D eigenvalue weighted by atomic mass is 35.5. The zero-order valence-corrected chi connectivity index (χ0v) is 15.6. The lowest BCUT2D eigenvalue weighted by molar-refractivity contribution is 0.263. The summed E-state index contributed by atoms with van der Waals surface area (Å²) < 4.78 is 33.0. The molecule has 0 radical (unpaired) electrons. The fraction of sp³-hybridized carbons (Fsp3) is 0.222. The summed E-state index contributed by atoms with van der Waals surface area (Å²) in [6.45, 7) is 1.17. The topological polar surface area (TPSA) is 51.5 Å². The molecular weight excluding hydrogens is 360 g/mol. The van der Waals surface area contributed by atoms with Crippen LogP contribution in [0.2, 0.25) is 5.02 Å². The smallest absolute Gasteiger partial charge is 0.268 e. The molecule has 0 N–H and O–H groups in total. The minimum atomic E-state index is -3.72. The molecule has 0 atom stereocenters. The lowest BCUT2D eigenvalue weighted by atomic mass is 10.2. The summed E-state index contributed by atoms with van der Waals surface area (Å²) >= 11 is 6.09. The van der Waals surface area contributed by atoms with Gasteiger partial charge < -0.3 is 9.64 Å². The van der Waals surface area contributed by atoms with E-state index in [9.17, 15) is 8.42 Å². The van der Waals surface area contributed by atoms with Crippen LogP contribution in [0, 0.1) is 0 Å². The Morgan fingerprint density at radius 1 is 1.12 bits per heavy atom. The van der Waals surface area contributed by atoms with Gasteiger partial charge in [0.25, 0.3) is 10.0 Å². The number of aromatic nitrogens is 1. The summed E-state index contributed by atoms with van der Waals surface area (Å²) in [4.78, 5) is 2.22. The molecule has 0 spiro atoms. The average Bonchev–Trinajstić information content (AvgIpc) is 2.94. The molecular formula is C18H19ClN2O3S. The number of ether oxygens (including phenoxy) is 1. The fourth-order valence-corrected chi connectivity index (χ4v) is 4.05. The van der Waals surface area contributed by atoms with Gasteiger partial charge in [-0.05, 0) is 44.4 Å². The average molecular weight is 379 g/mol. The van der Waals surface area contributed by atoms with Gasteiger partial charge in [-0.3, -0.25) is 0 Å². The first-order valence-corrected chi connectivity index (χ1v) is 9.60. The Morgan fingerprint density at radius 3 is 2.52 bits per heavy atom. The Hall–Kier alpha value is -2.02. The number of hydrogen-bond acceptors (Lipinski definition) is 4. The number of benzene rings is 2. The van der Waals surface area contributed by atoms with Gasteiger partial charge in [-0.2, -0.15) is 0 Å². The third-order valence-corrected chi connectivity index (χ3v) is 5.72. The first-order valence-electron chi connectivity index (χ1n) is 7.78. The highest BCUT2D eigenvalue weighted by Gasteiger charge is 2.22. The standard InChI is InChI=1S/C18H19ClN2O3S/c1-20(2)10-11-24-18-13-21(17-9-8-14(19)12-16(17)18)25(22,23)15-6-4-3-5-7-15/h3-9,12-13H,10-11H2,1-2H3. The lowest BCUT2D eigenvalue weighted by Gasteiger charge is -2.10. The Labute approximate surface area is 152 Å². The lowest BCUT2D eigenvalue weighted by Crippen LogP contribution is -2.19. The summed E-state index contributed by atoms with van der Waals surface area (Å²) in [7, 11) is 0.180. The van der Waals surface area contributed by atoms with Gasteiger partial charge in [-0.25, -0.2) is 12.4 Å². The quantitative estimate of drug-likeness (QED) is 0.659. The van der Waals surface area contributed by atoms with Gasteiger partial charge in [0.2, 0.25) is 0 Å². The van der Waals surface area contributed by atoms with Crippen LogP contribution in [0.3, 0.4) is 0 Å². The molecule has 0 fully saturated rings. The predicted molar refractivity (Wildman–Crippen MR) is 100 cm³/mol. The maximum atomic E-state index is 13.0. The third-order valence-electron chi connectivity index (χ3n) is 3.79. The van der Waals surface area contributed by atoms with Crippen LogP contribution in [0.15, 0.2) is 59.6 Å². The molecule has 3 rings (SSSR count). The maximum Gasteiger partial charge on any atom is 0.268 e. The zero-order chi connectivity index (χ0) is 18.0. The van der Waals surface area contributed by atoms with Crippen molar-refractivity contribution in [3.05, 3.63) is 59.8 Å². The first kappa shape index (κ1) is 17.8. The minimum absolute atomic E-state index is 0.224. The van der Waals surface area contributed by atoms with E-state index in [2.05, 4.69) is 0 Å². The SMILES string of the molecule is CN(C)CCOc1cn(S(=O)(=O)c2ccccc2)c2ccc(Cl)cc12. The first-order chi connectivity index (χ1) is 11.9. The summed E-state index contributed by atoms with van der Waals surface area (Å²) in [5.41, 5.74) is 0.535. The Bertz CT molecular complexity index is 982. The molecule has 132 valence electrons. The molecule has 0 aliphatic heterocycles. The van der Waals surface area contributed by atoms with Crippen LogP contribution in [-0.4, -0.2) is 44.5 Å². The van der Waals surface area contributed by atoms with E-state index in [1.165, 1.54) is 10.2 Å². The van der Waals surface area contributed by atoms with Crippen molar-refractivity contribution in [3.63, 3.8) is 0 Å². The summed E-state index contributed by atoms with van der Waals surface area (Å²) in [5.74, 6) is 0.499. The molecule has 0 aliphatic carbocycles. The fourth-order valence-electron chi connectivity index (χ4n) is 2.50. The molecule has 1 aromatic heterocycles. The van der Waals surface area contributed by atoms with E-state index in [1.54, 1.807) is 48.5 Å². The minimum Gasteiger partial charge on any atom is -0.490 e. The number of halogens is 1. The van der Waals surface area contributed by atoms with E-state index in [1.807, 2.05) is 19.0 Å². The molecule has 0 saturated carbocycles. The van der Waals surface area contributed by atoms with E-state index in [4.69, 9.17) is 16.3 Å². The van der Waals surface area contributed by atoms with Crippen molar-refractivity contribution in [3.8, 4) is 5.75 Å². The van der Waals surface area contributed by atoms with Gasteiger partial charge in [-0.1, -0.05) is 29.8 Å². The molecule has 1 heterocycles. The predicted octanol–water partition coefficient (Wildman–Crippen LogP) is 3.47. The van der Waals surface area contributed by atoms with Gasteiger partial charge in [0, 0.05) is 17.0 Å². The Balaban J connectivity index is 2.10. The molecule has 0 amide bonds. The molecule has 25 heavy (non-hydrogen) atoms. The van der Waals surface area contributed by atoms with Crippen molar-refractivity contribution in [2.75, 3.05) is 27.2 Å². The van der Waals surface area contributed by atoms with Gasteiger partial charge in [-0.15, -0.1) is 0 Å². The van der Waals surface area contributed by atoms with Crippen molar-refractivity contribution in [1.29, 1.82) is 0 Å². The summed E-state index contributed by atoms with van der Waals surface area (Å²) in [6.07, 6.45) is 1.51. The third kappa shape index (κ3) is 3.66. The van der Waals surface area contributed by atoms with Crippen LogP contribution < -0.4 is 4.74 Å². The van der Waals surface area contributed by atoms with E-state index >= 15 is 0 Å². The Kier molecular flexibility index (Phi) is 5.03. The van der Waals surface area contributed by atoms with Crippen molar-refractivity contribution in [1.82, 2.24) is 8.87 Å². The van der Waals surface area contributed by atoms with E-state index in [-0.39, 0.29) is 4.90 Å². The molecule has 3 aromatic rings. The maximum absolute atomic E-state index is 13.0. The number of hydrogen-bond donors (Lipinski definition) is 0. The monoisotopic (exact) mass is 378 g/mol. The normalized spacial score (nSPS) is 12.0. The second-order valence-corrected chi connectivity index (χ2v) is 8.17. The number of fused-ring (bicyclic) bond motifs is 1. The summed E-state index contributed by atoms with van der Waals surface area (Å²) in [5, 5.41) is 1.20. The second-order valence-electron chi connectivity index (χ2n) is 5.92. The van der Waals surface area contributed by atoms with Crippen molar-refractivity contribution in [2.24, 2.45) is 0 Å². The largest absolute Gasteiger partial charge is 0.490 e. The molecule has 0 aliphatic rings. The van der Waals surface area contributed by atoms with Gasteiger partial charge in [0.15, 0.2) is 0 Å². The van der Waals surface area contributed by atoms with Crippen LogP contribution in [-0.2, 0) is 10.0 Å². The highest BCUT2D eigenvalue weighted by Crippen LogP contribution is 2.33. The molecule has 0 bridgehead atoms. The van der Waals surface area contributed by atoms with Crippen molar-refractivity contribution in [2.45, 2.75) is 4.90 Å². The summed E-state index contributed by atoms with van der Waals surface area (Å²) in [6, 6.07) is 13.4. The van der Waals surface area contributed by atoms with Crippen LogP contribution in [0.1, 0.15) is 0 Å². The zero-order valence-electron chi connectivity index (χ0n) is 14.0. The van der Waals surface area contributed by atoms with Crippen LogP contribution in [0.25, 0.3) is 10.9 Å². The Morgan fingerprint density at radius 2 is 1.84 bits per heavy atom. The van der Waals surface area contributed by atoms with E-state index in [0.717, 1.165) is 6.54 Å². The second kappa shape index (κ2) is 7.07. The van der Waals surface area contributed by atoms with Gasteiger partial charge in [0.1, 0.15) is 12.4 Å². The van der Waals surface area contributed by atoms with E-state index < -0.39 is 10.0 Å². The number of nitrogens with zero attached hydrogens (tertiary/aromatic N) is 2. The van der Waals surface area contributed by atoms with Gasteiger partial charge in [0.05, 0.1) is 16.6 Å². The molecule has 7 heteroatoms. The highest BCUT2D eigenvalue weighted by molar-refractivity contribution is 7.90. The van der Waals surface area contributed by atoms with Crippen molar-refractivity contribution < 1.29 is 13.2 Å². The van der Waals surface area contributed by atoms with Crippen molar-refractivity contribution >= 4 is 32.5 Å². The van der Waals surface area contributed by atoms with Crippen LogP contribution >= 0.6 is 11.6 Å². The van der Waals surface area contributed by atoms with E-state index in [0.29, 0.717) is 28.3 Å². The van der Waals surface area contributed by atoms with Crippen LogP contribution in [0.5, 0.6) is 5.75 Å². The molecule has 0 unspecified atom stereocenters. The van der Waals surface area contributed by atoms with Crippen LogP contribution in [0.4, 0.5) is 0 Å². The number of rotatable bonds is 6. The molecule has 5 nitrogen and oxygen atoms in total. The number of likely N-dealkylation sites (N-methyl/N-ethyl adjacent to an activating group) is 1. The molecule has 0 saturated heterocycles. The van der Waals surface area contributed by atoms with Gasteiger partial charge >= 0.3 is 0 Å².